The summed E-state index contributed by atoms with van der Waals surface area (Å²) in [6.45, 7) is 5.02. The summed E-state index contributed by atoms with van der Waals surface area (Å²) in [4.78, 5) is 2.15. The fourth-order valence-corrected chi connectivity index (χ4v) is 3.20. The van der Waals surface area contributed by atoms with Gasteiger partial charge in [0.25, 0.3) is 0 Å². The van der Waals surface area contributed by atoms with Crippen molar-refractivity contribution in [2.75, 3.05) is 32.8 Å². The molecule has 0 aromatic carbocycles. The fourth-order valence-electron chi connectivity index (χ4n) is 3.20. The van der Waals surface area contributed by atoms with Gasteiger partial charge in [0.1, 0.15) is 0 Å². The number of halogens is 1. The second-order valence-electron chi connectivity index (χ2n) is 7.23. The number of rotatable bonds is 20. The van der Waals surface area contributed by atoms with Crippen molar-refractivity contribution in [2.24, 2.45) is 0 Å². The van der Waals surface area contributed by atoms with Gasteiger partial charge in [-0.25, -0.2) is 0 Å². The lowest BCUT2D eigenvalue weighted by Crippen LogP contribution is -2.30. The third-order valence-electron chi connectivity index (χ3n) is 4.82. The van der Waals surface area contributed by atoms with Gasteiger partial charge in [-0.05, 0) is 38.6 Å². The molecular formula is C22H46FNO2. The standard InChI is InChI=1S/C22H45NO2.FH/c1-2-3-4-5-6-7-8-9-10-11-12-13-14-15-16-17-18-23(19-21-24)20-22-25;/h9-10,24-25H,2-8,11-22H2,1H3;1H. The van der Waals surface area contributed by atoms with Gasteiger partial charge < -0.3 is 10.2 Å². The molecule has 2 N–H and O–H groups in total. The molecule has 0 radical (unpaired) electrons. The molecule has 0 heterocycles. The van der Waals surface area contributed by atoms with E-state index in [0.717, 1.165) is 6.54 Å². The van der Waals surface area contributed by atoms with E-state index in [9.17, 15) is 0 Å². The van der Waals surface area contributed by atoms with E-state index in [1.807, 2.05) is 0 Å². The Morgan fingerprint density at radius 2 is 1.00 bits per heavy atom. The topological polar surface area (TPSA) is 43.7 Å². The molecule has 0 rings (SSSR count). The molecule has 3 nitrogen and oxygen atoms in total. The normalized spacial score (nSPS) is 11.4. The van der Waals surface area contributed by atoms with E-state index in [4.69, 9.17) is 10.2 Å². The van der Waals surface area contributed by atoms with Crippen molar-refractivity contribution in [1.29, 1.82) is 0 Å². The van der Waals surface area contributed by atoms with Crippen LogP contribution >= 0.6 is 0 Å². The Morgan fingerprint density at radius 1 is 0.577 bits per heavy atom. The summed E-state index contributed by atoms with van der Waals surface area (Å²) in [5.41, 5.74) is 0. The molecule has 0 aromatic rings. The number of aliphatic hydroxyl groups is 2. The predicted octanol–water partition coefficient (Wildman–Crippen LogP) is 5.46. The van der Waals surface area contributed by atoms with E-state index >= 15 is 0 Å². The Labute approximate surface area is 162 Å². The molecule has 0 atom stereocenters. The van der Waals surface area contributed by atoms with Gasteiger partial charge in [-0.15, -0.1) is 0 Å². The molecule has 0 aliphatic carbocycles. The minimum Gasteiger partial charge on any atom is -0.395 e. The first-order valence-corrected chi connectivity index (χ1v) is 10.9. The maximum Gasteiger partial charge on any atom is 0.0558 e. The predicted molar refractivity (Wildman–Crippen MR) is 113 cm³/mol. The van der Waals surface area contributed by atoms with Crippen LogP contribution in [0, 0.1) is 0 Å². The largest absolute Gasteiger partial charge is 0.395 e. The highest BCUT2D eigenvalue weighted by molar-refractivity contribution is 4.81. The summed E-state index contributed by atoms with van der Waals surface area (Å²) in [5.74, 6) is 0. The molecule has 0 fully saturated rings. The first-order chi connectivity index (χ1) is 12.3. The molecule has 0 unspecified atom stereocenters. The van der Waals surface area contributed by atoms with Gasteiger partial charge in [0, 0.05) is 13.1 Å². The number of nitrogens with zero attached hydrogens (tertiary/aromatic N) is 1. The van der Waals surface area contributed by atoms with Gasteiger partial charge in [0.15, 0.2) is 0 Å². The molecule has 26 heavy (non-hydrogen) atoms. The number of allylic oxidation sites excluding steroid dienone is 2. The highest BCUT2D eigenvalue weighted by Crippen LogP contribution is 2.10. The summed E-state index contributed by atoms with van der Waals surface area (Å²) in [7, 11) is 0. The lowest BCUT2D eigenvalue weighted by Gasteiger charge is -2.19. The van der Waals surface area contributed by atoms with Crippen LogP contribution in [0.2, 0.25) is 0 Å². The fraction of sp³-hybridized carbons (Fsp3) is 0.909. The van der Waals surface area contributed by atoms with Crippen molar-refractivity contribution < 1.29 is 14.9 Å². The molecule has 0 aliphatic heterocycles. The van der Waals surface area contributed by atoms with Crippen LogP contribution in [0.25, 0.3) is 0 Å². The Balaban J connectivity index is 0. The Morgan fingerprint density at radius 3 is 1.46 bits per heavy atom. The summed E-state index contributed by atoms with van der Waals surface area (Å²) < 4.78 is 0. The van der Waals surface area contributed by atoms with Gasteiger partial charge in [-0.3, -0.25) is 9.60 Å². The van der Waals surface area contributed by atoms with E-state index < -0.39 is 0 Å². The molecule has 0 saturated carbocycles. The molecular weight excluding hydrogens is 329 g/mol. The second kappa shape index (κ2) is 24.6. The minimum absolute atomic E-state index is 0. The summed E-state index contributed by atoms with van der Waals surface area (Å²) in [6, 6.07) is 0. The third-order valence-corrected chi connectivity index (χ3v) is 4.82. The van der Waals surface area contributed by atoms with E-state index in [1.54, 1.807) is 0 Å². The molecule has 0 amide bonds. The van der Waals surface area contributed by atoms with E-state index in [0.29, 0.717) is 13.1 Å². The monoisotopic (exact) mass is 375 g/mol. The zero-order chi connectivity index (χ0) is 18.4. The molecule has 0 aliphatic rings. The van der Waals surface area contributed by atoms with Gasteiger partial charge in [0.2, 0.25) is 0 Å². The van der Waals surface area contributed by atoms with Gasteiger partial charge in [-0.1, -0.05) is 76.9 Å². The molecule has 4 heteroatoms. The molecule has 0 spiro atoms. The van der Waals surface area contributed by atoms with Crippen molar-refractivity contribution in [3.8, 4) is 0 Å². The quantitative estimate of drug-likeness (QED) is 0.219. The van der Waals surface area contributed by atoms with Crippen LogP contribution in [0.15, 0.2) is 12.2 Å². The summed E-state index contributed by atoms with van der Waals surface area (Å²) >= 11 is 0. The minimum atomic E-state index is 0. The summed E-state index contributed by atoms with van der Waals surface area (Å²) in [6.07, 6.45) is 23.4. The van der Waals surface area contributed by atoms with Crippen LogP contribution in [-0.2, 0) is 0 Å². The Bertz CT molecular complexity index is 269. The van der Waals surface area contributed by atoms with E-state index in [-0.39, 0.29) is 17.9 Å². The van der Waals surface area contributed by atoms with Crippen LogP contribution in [0.5, 0.6) is 0 Å². The number of hydrogen-bond acceptors (Lipinski definition) is 3. The van der Waals surface area contributed by atoms with Crippen molar-refractivity contribution >= 4 is 0 Å². The molecule has 0 bridgehead atoms. The number of hydrogen-bond donors (Lipinski definition) is 2. The van der Waals surface area contributed by atoms with Crippen molar-refractivity contribution in [2.45, 2.75) is 96.8 Å². The molecule has 0 aromatic heterocycles. The molecule has 158 valence electrons. The average Bonchev–Trinajstić information content (AvgIpc) is 2.61. The summed E-state index contributed by atoms with van der Waals surface area (Å²) in [5, 5.41) is 17.9. The maximum absolute atomic E-state index is 8.97. The zero-order valence-electron chi connectivity index (χ0n) is 17.3. The third kappa shape index (κ3) is 21.6. The van der Waals surface area contributed by atoms with Gasteiger partial charge in [-0.2, -0.15) is 0 Å². The zero-order valence-corrected chi connectivity index (χ0v) is 17.3. The van der Waals surface area contributed by atoms with Crippen LogP contribution in [-0.4, -0.2) is 48.0 Å². The van der Waals surface area contributed by atoms with Crippen molar-refractivity contribution in [3.05, 3.63) is 12.2 Å². The Hall–Kier alpha value is -0.450. The SMILES string of the molecule is CCCCCCCCC=CCCCCCCCCN(CCO)CCO.F. The van der Waals surface area contributed by atoms with E-state index in [1.165, 1.54) is 89.9 Å². The first kappa shape index (κ1) is 27.8. The highest BCUT2D eigenvalue weighted by atomic mass is 19.0. The van der Waals surface area contributed by atoms with Crippen LogP contribution in [0.4, 0.5) is 4.70 Å². The van der Waals surface area contributed by atoms with Crippen molar-refractivity contribution in [3.63, 3.8) is 0 Å². The van der Waals surface area contributed by atoms with E-state index in [2.05, 4.69) is 24.0 Å². The second-order valence-corrected chi connectivity index (χ2v) is 7.23. The van der Waals surface area contributed by atoms with Crippen LogP contribution in [0.3, 0.4) is 0 Å². The smallest absolute Gasteiger partial charge is 0.0558 e. The van der Waals surface area contributed by atoms with Gasteiger partial charge in [0.05, 0.1) is 13.2 Å². The highest BCUT2D eigenvalue weighted by Gasteiger charge is 2.02. The number of unbranched alkanes of at least 4 members (excludes halogenated alkanes) is 12. The number of aliphatic hydroxyl groups excluding tert-OH is 2. The lowest BCUT2D eigenvalue weighted by molar-refractivity contribution is 0.159. The Kier molecular flexibility index (Phi) is 26.2. The van der Waals surface area contributed by atoms with Gasteiger partial charge >= 0.3 is 0 Å². The molecule has 0 saturated heterocycles. The lowest BCUT2D eigenvalue weighted by atomic mass is 10.1. The van der Waals surface area contributed by atoms with Crippen molar-refractivity contribution in [1.82, 2.24) is 4.90 Å². The van der Waals surface area contributed by atoms with Crippen LogP contribution < -0.4 is 0 Å². The maximum atomic E-state index is 8.97. The first-order valence-electron chi connectivity index (χ1n) is 10.9. The van der Waals surface area contributed by atoms with Crippen LogP contribution in [0.1, 0.15) is 96.8 Å². The average molecular weight is 376 g/mol.